The fraction of sp³-hybridized carbons (Fsp3) is 0.478. The van der Waals surface area contributed by atoms with Crippen LogP contribution in [0.15, 0.2) is 30.5 Å². The molecule has 0 bridgehead atoms. The lowest BCUT2D eigenvalue weighted by Crippen LogP contribution is -2.43. The summed E-state index contributed by atoms with van der Waals surface area (Å²) in [4.78, 5) is 38.2. The first-order chi connectivity index (χ1) is 14.8. The van der Waals surface area contributed by atoms with Crippen LogP contribution in [0.25, 0.3) is 11.4 Å². The number of anilines is 1. The minimum atomic E-state index is -0.337. The molecular formula is C23H29FN4O3. The molecule has 0 N–H and O–H groups in total. The third-order valence-electron chi connectivity index (χ3n) is 5.54. The van der Waals surface area contributed by atoms with Gasteiger partial charge in [-0.3, -0.25) is 9.59 Å². The van der Waals surface area contributed by atoms with Crippen LogP contribution >= 0.6 is 0 Å². The average molecular weight is 429 g/mol. The Morgan fingerprint density at radius 1 is 1.29 bits per heavy atom. The van der Waals surface area contributed by atoms with Gasteiger partial charge < -0.3 is 14.5 Å². The molecule has 166 valence electrons. The SMILES string of the molecule is CCOC(=O)[C@H]1CCCN(C(=O)c2cnc(-c3ccc(F)cc3)nc2N(C)C(C)C)C1. The number of ether oxygens (including phenoxy) is 1. The van der Waals surface area contributed by atoms with Gasteiger partial charge in [0.15, 0.2) is 5.82 Å². The number of amides is 1. The minimum Gasteiger partial charge on any atom is -0.466 e. The third kappa shape index (κ3) is 5.18. The monoisotopic (exact) mass is 428 g/mol. The number of esters is 1. The molecular weight excluding hydrogens is 399 g/mol. The lowest BCUT2D eigenvalue weighted by Gasteiger charge is -2.33. The largest absolute Gasteiger partial charge is 0.466 e. The summed E-state index contributed by atoms with van der Waals surface area (Å²) >= 11 is 0. The molecule has 1 saturated heterocycles. The quantitative estimate of drug-likeness (QED) is 0.655. The Morgan fingerprint density at radius 2 is 2.00 bits per heavy atom. The summed E-state index contributed by atoms with van der Waals surface area (Å²) in [6.45, 7) is 7.00. The van der Waals surface area contributed by atoms with Gasteiger partial charge in [-0.25, -0.2) is 14.4 Å². The molecule has 1 fully saturated rings. The predicted molar refractivity (Wildman–Crippen MR) is 116 cm³/mol. The summed E-state index contributed by atoms with van der Waals surface area (Å²) in [6, 6.07) is 6.02. The van der Waals surface area contributed by atoms with Gasteiger partial charge in [0.2, 0.25) is 0 Å². The summed E-state index contributed by atoms with van der Waals surface area (Å²) in [5.74, 6) is -0.195. The maximum Gasteiger partial charge on any atom is 0.310 e. The van der Waals surface area contributed by atoms with Crippen LogP contribution in [0.2, 0.25) is 0 Å². The molecule has 1 aliphatic rings. The Labute approximate surface area is 182 Å². The van der Waals surface area contributed by atoms with Gasteiger partial charge in [0.25, 0.3) is 5.91 Å². The number of likely N-dealkylation sites (tertiary alicyclic amines) is 1. The topological polar surface area (TPSA) is 75.6 Å². The van der Waals surface area contributed by atoms with Gasteiger partial charge in [0, 0.05) is 37.9 Å². The van der Waals surface area contributed by atoms with Gasteiger partial charge in [0.05, 0.1) is 12.5 Å². The summed E-state index contributed by atoms with van der Waals surface area (Å²) in [5.41, 5.74) is 1.05. The van der Waals surface area contributed by atoms with Crippen molar-refractivity contribution in [3.8, 4) is 11.4 Å². The zero-order valence-electron chi connectivity index (χ0n) is 18.5. The van der Waals surface area contributed by atoms with Crippen LogP contribution in [-0.2, 0) is 9.53 Å². The second-order valence-corrected chi connectivity index (χ2v) is 7.98. The second kappa shape index (κ2) is 9.85. The lowest BCUT2D eigenvalue weighted by atomic mass is 9.97. The number of rotatable bonds is 6. The number of halogens is 1. The normalized spacial score (nSPS) is 16.3. The van der Waals surface area contributed by atoms with Gasteiger partial charge in [0.1, 0.15) is 17.2 Å². The van der Waals surface area contributed by atoms with E-state index in [1.165, 1.54) is 18.3 Å². The first kappa shape index (κ1) is 22.7. The molecule has 1 aromatic heterocycles. The Kier molecular flexibility index (Phi) is 7.20. The van der Waals surface area contributed by atoms with Crippen molar-refractivity contribution in [2.75, 3.05) is 31.6 Å². The third-order valence-corrected chi connectivity index (χ3v) is 5.54. The van der Waals surface area contributed by atoms with Crippen LogP contribution < -0.4 is 4.90 Å². The van der Waals surface area contributed by atoms with Crippen LogP contribution in [0.4, 0.5) is 10.2 Å². The van der Waals surface area contributed by atoms with Crippen molar-refractivity contribution in [1.82, 2.24) is 14.9 Å². The Balaban J connectivity index is 1.92. The number of aromatic nitrogens is 2. The van der Waals surface area contributed by atoms with E-state index in [2.05, 4.69) is 9.97 Å². The standard InChI is InChI=1S/C23H29FN4O3/c1-5-31-23(30)17-7-6-12-28(14-17)22(29)19-13-25-20(16-8-10-18(24)11-9-16)26-21(19)27(4)15(2)3/h8-11,13,15,17H,5-7,12,14H2,1-4H3/t17-/m0/s1. The van der Waals surface area contributed by atoms with E-state index < -0.39 is 0 Å². The molecule has 2 aromatic rings. The van der Waals surface area contributed by atoms with E-state index in [1.807, 2.05) is 25.8 Å². The van der Waals surface area contributed by atoms with Gasteiger partial charge in [-0.05, 0) is 57.9 Å². The second-order valence-electron chi connectivity index (χ2n) is 7.98. The molecule has 0 aliphatic carbocycles. The van der Waals surface area contributed by atoms with Crippen molar-refractivity contribution in [3.63, 3.8) is 0 Å². The van der Waals surface area contributed by atoms with E-state index in [0.717, 1.165) is 6.42 Å². The van der Waals surface area contributed by atoms with Gasteiger partial charge in [-0.1, -0.05) is 0 Å². The first-order valence-electron chi connectivity index (χ1n) is 10.6. The van der Waals surface area contributed by atoms with E-state index >= 15 is 0 Å². The highest BCUT2D eigenvalue weighted by Crippen LogP contribution is 2.26. The fourth-order valence-electron chi connectivity index (χ4n) is 3.56. The van der Waals surface area contributed by atoms with E-state index in [1.54, 1.807) is 24.0 Å². The number of hydrogen-bond donors (Lipinski definition) is 0. The van der Waals surface area contributed by atoms with Crippen molar-refractivity contribution in [1.29, 1.82) is 0 Å². The zero-order chi connectivity index (χ0) is 22.5. The maximum absolute atomic E-state index is 13.4. The molecule has 0 saturated carbocycles. The lowest BCUT2D eigenvalue weighted by molar-refractivity contribution is -0.149. The molecule has 3 rings (SSSR count). The minimum absolute atomic E-state index is 0.0937. The molecule has 7 nitrogen and oxygen atoms in total. The Bertz CT molecular complexity index is 933. The van der Waals surface area contributed by atoms with E-state index in [9.17, 15) is 14.0 Å². The Morgan fingerprint density at radius 3 is 2.65 bits per heavy atom. The smallest absolute Gasteiger partial charge is 0.310 e. The number of carbonyl (C=O) groups is 2. The summed E-state index contributed by atoms with van der Waals surface area (Å²) in [5, 5.41) is 0. The van der Waals surface area contributed by atoms with E-state index in [0.29, 0.717) is 48.9 Å². The molecule has 31 heavy (non-hydrogen) atoms. The van der Waals surface area contributed by atoms with Crippen molar-refractivity contribution in [2.45, 2.75) is 39.7 Å². The zero-order valence-corrected chi connectivity index (χ0v) is 18.5. The van der Waals surface area contributed by atoms with Crippen LogP contribution in [-0.4, -0.2) is 59.5 Å². The van der Waals surface area contributed by atoms with Crippen LogP contribution in [0.1, 0.15) is 44.0 Å². The summed E-state index contributed by atoms with van der Waals surface area (Å²) in [7, 11) is 1.87. The molecule has 1 amide bonds. The summed E-state index contributed by atoms with van der Waals surface area (Å²) in [6.07, 6.45) is 2.97. The number of hydrogen-bond acceptors (Lipinski definition) is 6. The van der Waals surface area contributed by atoms with Crippen molar-refractivity contribution in [2.24, 2.45) is 5.92 Å². The van der Waals surface area contributed by atoms with E-state index in [-0.39, 0.29) is 29.7 Å². The molecule has 1 aliphatic heterocycles. The molecule has 1 atom stereocenters. The van der Waals surface area contributed by atoms with Crippen molar-refractivity contribution in [3.05, 3.63) is 41.8 Å². The van der Waals surface area contributed by atoms with Gasteiger partial charge >= 0.3 is 5.97 Å². The van der Waals surface area contributed by atoms with Crippen LogP contribution in [0.5, 0.6) is 0 Å². The molecule has 2 heterocycles. The highest BCUT2D eigenvalue weighted by molar-refractivity contribution is 5.99. The van der Waals surface area contributed by atoms with E-state index in [4.69, 9.17) is 4.74 Å². The molecule has 0 radical (unpaired) electrons. The Hall–Kier alpha value is -3.03. The first-order valence-corrected chi connectivity index (χ1v) is 10.6. The highest BCUT2D eigenvalue weighted by atomic mass is 19.1. The summed E-state index contributed by atoms with van der Waals surface area (Å²) < 4.78 is 18.4. The van der Waals surface area contributed by atoms with Gasteiger partial charge in [-0.15, -0.1) is 0 Å². The molecule has 8 heteroatoms. The van der Waals surface area contributed by atoms with Crippen molar-refractivity contribution < 1.29 is 18.7 Å². The van der Waals surface area contributed by atoms with Gasteiger partial charge in [-0.2, -0.15) is 0 Å². The number of nitrogens with zero attached hydrogens (tertiary/aromatic N) is 4. The number of piperidine rings is 1. The van der Waals surface area contributed by atoms with Crippen molar-refractivity contribution >= 4 is 17.7 Å². The van der Waals surface area contributed by atoms with Crippen LogP contribution in [0, 0.1) is 11.7 Å². The highest BCUT2D eigenvalue weighted by Gasteiger charge is 2.32. The molecule has 1 aromatic carbocycles. The molecule has 0 unspecified atom stereocenters. The number of carbonyl (C=O) groups excluding carboxylic acids is 2. The maximum atomic E-state index is 13.4. The molecule has 0 spiro atoms. The number of benzene rings is 1. The van der Waals surface area contributed by atoms with Crippen LogP contribution in [0.3, 0.4) is 0 Å². The average Bonchev–Trinajstić information content (AvgIpc) is 2.78. The fourth-order valence-corrected chi connectivity index (χ4v) is 3.56. The predicted octanol–water partition coefficient (Wildman–Crippen LogP) is 3.54.